The summed E-state index contributed by atoms with van der Waals surface area (Å²) in [7, 11) is 3.29. The number of fused-ring (bicyclic) bond motifs is 4. The smallest absolute Gasteiger partial charge is 0.405 e. The van der Waals surface area contributed by atoms with E-state index < -0.39 is 48.2 Å². The number of piperazine rings is 1. The number of aryl methyl sites for hydroxylation is 2. The summed E-state index contributed by atoms with van der Waals surface area (Å²) in [6.45, 7) is 0.785. The fourth-order valence-electron chi connectivity index (χ4n) is 9.93. The van der Waals surface area contributed by atoms with Gasteiger partial charge in [-0.1, -0.05) is 11.6 Å². The quantitative estimate of drug-likeness (QED) is 0.118. The Kier molecular flexibility index (Phi) is 10.8. The lowest BCUT2D eigenvalue weighted by Crippen LogP contribution is -2.60. The van der Waals surface area contributed by atoms with Crippen LogP contribution in [0.1, 0.15) is 50.1 Å². The van der Waals surface area contributed by atoms with Crippen molar-refractivity contribution in [1.82, 2.24) is 34.5 Å². The van der Waals surface area contributed by atoms with Crippen molar-refractivity contribution >= 4 is 74.0 Å². The molecular formula is C44H47ClF5N11O4. The first kappa shape index (κ1) is 43.1. The third-order valence-electron chi connectivity index (χ3n) is 13.7. The Morgan fingerprint density at radius 3 is 2.46 bits per heavy atom. The highest BCUT2D eigenvalue weighted by Gasteiger charge is 2.51. The van der Waals surface area contributed by atoms with Gasteiger partial charge in [0, 0.05) is 81.9 Å². The zero-order valence-electron chi connectivity index (χ0n) is 35.6. The van der Waals surface area contributed by atoms with Gasteiger partial charge in [0.2, 0.25) is 23.5 Å². The fourth-order valence-corrected chi connectivity index (χ4v) is 10.1. The standard InChI is InChI=1S/C44H47ClF5N11O4/c1-57-31-9-5-25(17-29(31)36-37(41(57)64)65-22-43(46,47)38(54-36)24-3-4-24)52-39-30(45)19-51-42(55-39)59-13-11-23(12-14-59)20-61-16-15-60(21-33(61)44(48,49)50)26-6-7-27-32(18-26)58(2)56-35(27)28-8-10-34(62)53-40(28)63/h5-7,9,17-19,23-24,28,33,38,54H,3-4,8,10-16,20-22H2,1-2H3,(H,51,52,55)(H,53,62,63). The number of aromatic nitrogens is 5. The van der Waals surface area contributed by atoms with Gasteiger partial charge in [0.1, 0.15) is 11.1 Å². The van der Waals surface area contributed by atoms with Crippen LogP contribution in [0.25, 0.3) is 21.8 Å². The second kappa shape index (κ2) is 16.3. The topological polar surface area (TPSA) is 155 Å². The van der Waals surface area contributed by atoms with E-state index in [-0.39, 0.29) is 60.3 Å². The van der Waals surface area contributed by atoms with Gasteiger partial charge in [-0.2, -0.15) is 23.3 Å². The van der Waals surface area contributed by atoms with Gasteiger partial charge in [0.15, 0.2) is 12.4 Å². The Morgan fingerprint density at radius 2 is 1.72 bits per heavy atom. The molecule has 3 N–H and O–H groups in total. The largest absolute Gasteiger partial charge is 0.480 e. The number of alkyl halides is 5. The summed E-state index contributed by atoms with van der Waals surface area (Å²) in [6.07, 6.45) is 0.123. The maximum absolute atomic E-state index is 15.2. The summed E-state index contributed by atoms with van der Waals surface area (Å²) >= 11 is 6.59. The molecule has 4 fully saturated rings. The molecule has 3 unspecified atom stereocenters. The minimum Gasteiger partial charge on any atom is -0.480 e. The van der Waals surface area contributed by atoms with E-state index in [2.05, 4.69) is 26.0 Å². The number of carbonyl (C=O) groups excluding carboxylic acids is 2. The number of nitrogens with one attached hydrogen (secondary N) is 3. The number of amides is 2. The molecule has 1 saturated carbocycles. The minimum atomic E-state index is -4.46. The molecule has 4 aliphatic heterocycles. The molecule has 0 spiro atoms. The van der Waals surface area contributed by atoms with Crippen LogP contribution in [0.3, 0.4) is 0 Å². The molecule has 10 rings (SSSR count). The Balaban J connectivity index is 0.801. The molecule has 3 atom stereocenters. The van der Waals surface area contributed by atoms with Crippen molar-refractivity contribution in [3.8, 4) is 5.75 Å². The summed E-state index contributed by atoms with van der Waals surface area (Å²) in [6, 6.07) is 7.71. The molecule has 3 saturated heterocycles. The number of halogens is 6. The summed E-state index contributed by atoms with van der Waals surface area (Å²) in [5.41, 5.74) is 2.61. The number of pyridine rings is 1. The van der Waals surface area contributed by atoms with E-state index in [1.165, 1.54) is 10.8 Å². The Labute approximate surface area is 374 Å². The predicted octanol–water partition coefficient (Wildman–Crippen LogP) is 6.32. The van der Waals surface area contributed by atoms with E-state index in [1.54, 1.807) is 58.9 Å². The number of carbonyl (C=O) groups is 2. The lowest BCUT2D eigenvalue weighted by molar-refractivity contribution is -0.186. The molecule has 3 aromatic heterocycles. The molecule has 1 aliphatic carbocycles. The highest BCUT2D eigenvalue weighted by molar-refractivity contribution is 6.33. The highest BCUT2D eigenvalue weighted by Crippen LogP contribution is 2.46. The maximum atomic E-state index is 15.2. The van der Waals surface area contributed by atoms with Crippen LogP contribution in [0.5, 0.6) is 5.75 Å². The highest BCUT2D eigenvalue weighted by atomic mass is 35.5. The normalized spacial score (nSPS) is 23.2. The number of nitrogens with zero attached hydrogens (tertiary/aromatic N) is 8. The minimum absolute atomic E-state index is 0.00443. The number of piperidine rings is 2. The molecule has 65 heavy (non-hydrogen) atoms. The first-order chi connectivity index (χ1) is 31.0. The van der Waals surface area contributed by atoms with Crippen molar-refractivity contribution in [2.75, 3.05) is 66.3 Å². The molecule has 5 aromatic rings. The second-order valence-corrected chi connectivity index (χ2v) is 18.4. The van der Waals surface area contributed by atoms with Gasteiger partial charge in [0.25, 0.3) is 5.56 Å². The molecule has 15 nitrogen and oxygen atoms in total. The first-order valence-corrected chi connectivity index (χ1v) is 22.2. The van der Waals surface area contributed by atoms with Crippen LogP contribution in [0, 0.1) is 11.8 Å². The molecule has 344 valence electrons. The van der Waals surface area contributed by atoms with Gasteiger partial charge in [0.05, 0.1) is 40.6 Å². The summed E-state index contributed by atoms with van der Waals surface area (Å²) in [5.74, 6) is -4.19. The molecular weight excluding hydrogens is 877 g/mol. The number of benzene rings is 2. The molecule has 2 aromatic carbocycles. The van der Waals surface area contributed by atoms with E-state index in [1.807, 2.05) is 11.0 Å². The first-order valence-electron chi connectivity index (χ1n) is 21.9. The molecule has 5 aliphatic rings. The number of rotatable bonds is 8. The van der Waals surface area contributed by atoms with Crippen LogP contribution in [-0.4, -0.2) is 111 Å². The van der Waals surface area contributed by atoms with Crippen molar-refractivity contribution in [2.24, 2.45) is 25.9 Å². The van der Waals surface area contributed by atoms with E-state index >= 15 is 8.78 Å². The molecule has 2 amide bonds. The van der Waals surface area contributed by atoms with Gasteiger partial charge in [-0.3, -0.25) is 29.3 Å². The summed E-state index contributed by atoms with van der Waals surface area (Å²) < 4.78 is 83.2. The fraction of sp³-hybridized carbons (Fsp3) is 0.500. The Morgan fingerprint density at radius 1 is 0.938 bits per heavy atom. The molecule has 21 heteroatoms. The van der Waals surface area contributed by atoms with Crippen molar-refractivity contribution in [3.63, 3.8) is 0 Å². The number of hydrogen-bond acceptors (Lipinski definition) is 12. The Hall–Kier alpha value is -5.76. The molecule has 0 bridgehead atoms. The number of ether oxygens (including phenoxy) is 1. The zero-order chi connectivity index (χ0) is 45.5. The number of hydrogen-bond donors (Lipinski definition) is 3. The van der Waals surface area contributed by atoms with E-state index in [0.717, 1.165) is 5.39 Å². The van der Waals surface area contributed by atoms with Crippen LogP contribution in [0.2, 0.25) is 5.02 Å². The van der Waals surface area contributed by atoms with Crippen LogP contribution in [0.15, 0.2) is 47.4 Å². The Bertz CT molecular complexity index is 2770. The van der Waals surface area contributed by atoms with Crippen LogP contribution in [-0.2, 0) is 23.7 Å². The third-order valence-corrected chi connectivity index (χ3v) is 13.9. The van der Waals surface area contributed by atoms with Crippen molar-refractivity contribution < 1.29 is 36.3 Å². The summed E-state index contributed by atoms with van der Waals surface area (Å²) in [5, 5.41) is 14.6. The second-order valence-electron chi connectivity index (χ2n) is 17.9. The van der Waals surface area contributed by atoms with Gasteiger partial charge in [-0.05, 0) is 80.3 Å². The monoisotopic (exact) mass is 923 g/mol. The van der Waals surface area contributed by atoms with Crippen molar-refractivity contribution in [1.29, 1.82) is 0 Å². The van der Waals surface area contributed by atoms with Gasteiger partial charge in [-0.15, -0.1) is 0 Å². The average Bonchev–Trinajstić information content (AvgIpc) is 4.08. The van der Waals surface area contributed by atoms with Gasteiger partial charge < -0.3 is 29.7 Å². The van der Waals surface area contributed by atoms with Gasteiger partial charge in [-0.25, -0.2) is 13.8 Å². The summed E-state index contributed by atoms with van der Waals surface area (Å²) in [4.78, 5) is 52.1. The third kappa shape index (κ3) is 8.16. The maximum Gasteiger partial charge on any atom is 0.405 e. The van der Waals surface area contributed by atoms with E-state index in [9.17, 15) is 27.6 Å². The lowest BCUT2D eigenvalue weighted by Gasteiger charge is -2.45. The van der Waals surface area contributed by atoms with Crippen molar-refractivity contribution in [2.45, 2.75) is 68.6 Å². The lowest BCUT2D eigenvalue weighted by atomic mass is 9.92. The van der Waals surface area contributed by atoms with Crippen LogP contribution in [0.4, 0.5) is 50.8 Å². The van der Waals surface area contributed by atoms with Gasteiger partial charge >= 0.3 is 12.1 Å². The van der Waals surface area contributed by atoms with E-state index in [0.29, 0.717) is 97.0 Å². The van der Waals surface area contributed by atoms with Crippen LogP contribution >= 0.6 is 11.6 Å². The molecule has 7 heterocycles. The number of imide groups is 1. The van der Waals surface area contributed by atoms with Crippen molar-refractivity contribution in [3.05, 3.63) is 63.7 Å². The number of anilines is 5. The average molecular weight is 924 g/mol. The molecule has 0 radical (unpaired) electrons. The SMILES string of the molecule is Cn1nc(C2CCC(=O)NC2=O)c2ccc(N3CCN(CC4CCN(c5ncc(Cl)c(Nc6ccc7c(c6)c6c(c(=O)n7C)OCC(F)(F)C(C7CC7)N6)n5)CC4)C(C(F)(F)F)C3)cc21. The predicted molar refractivity (Wildman–Crippen MR) is 234 cm³/mol. The zero-order valence-corrected chi connectivity index (χ0v) is 36.4. The van der Waals surface area contributed by atoms with E-state index in [4.69, 9.17) is 21.3 Å². The van der Waals surface area contributed by atoms with Crippen LogP contribution < -0.4 is 36.0 Å².